The monoisotopic (exact) mass is 352 g/mol. The molecule has 0 unspecified atom stereocenters. The molecule has 2 aromatic rings. The number of para-hydroxylation sites is 2. The van der Waals surface area contributed by atoms with Gasteiger partial charge in [0.05, 0.1) is 12.2 Å². The molecule has 2 atom stereocenters. The molecule has 2 aromatic carbocycles. The van der Waals surface area contributed by atoms with Crippen molar-refractivity contribution in [3.63, 3.8) is 0 Å². The molecule has 1 aliphatic heterocycles. The van der Waals surface area contributed by atoms with Crippen molar-refractivity contribution >= 4 is 17.5 Å². The molecule has 0 aromatic heterocycles. The quantitative estimate of drug-likeness (QED) is 0.899. The normalized spacial score (nSPS) is 17.0. The van der Waals surface area contributed by atoms with Crippen molar-refractivity contribution in [2.24, 2.45) is 0 Å². The maximum Gasteiger partial charge on any atom is 0.262 e. The first-order valence-electron chi connectivity index (χ1n) is 8.96. The van der Waals surface area contributed by atoms with E-state index in [9.17, 15) is 9.59 Å². The number of rotatable bonds is 5. The molecule has 136 valence electrons. The highest BCUT2D eigenvalue weighted by Gasteiger charge is 2.32. The molecule has 5 heteroatoms. The van der Waals surface area contributed by atoms with Crippen LogP contribution in [0, 0.1) is 0 Å². The molecule has 0 aliphatic carbocycles. The van der Waals surface area contributed by atoms with E-state index >= 15 is 0 Å². The summed E-state index contributed by atoms with van der Waals surface area (Å²) in [4.78, 5) is 26.2. The maximum atomic E-state index is 12.7. The highest BCUT2D eigenvalue weighted by Crippen LogP contribution is 2.33. The summed E-state index contributed by atoms with van der Waals surface area (Å²) in [6, 6.07) is 17.4. The van der Waals surface area contributed by atoms with E-state index in [4.69, 9.17) is 4.74 Å². The summed E-state index contributed by atoms with van der Waals surface area (Å²) in [7, 11) is 0. The number of hydrogen-bond acceptors (Lipinski definition) is 3. The smallest absolute Gasteiger partial charge is 0.262 e. The fourth-order valence-corrected chi connectivity index (χ4v) is 3.23. The number of amides is 2. The standard InChI is InChI=1S/C21H24N2O3/c1-3-16(17-9-5-4-6-10-17)13-22-21(25)20-14-23(15(2)24)18-11-7-8-12-19(18)26-20/h4-12,16,20H,3,13-14H2,1-2H3,(H,22,25)/t16-,20+/m0/s1. The second-order valence-electron chi connectivity index (χ2n) is 6.46. The van der Waals surface area contributed by atoms with E-state index in [0.717, 1.165) is 6.42 Å². The molecule has 0 spiro atoms. The van der Waals surface area contributed by atoms with Crippen LogP contribution in [0.15, 0.2) is 54.6 Å². The zero-order valence-electron chi connectivity index (χ0n) is 15.1. The first kappa shape index (κ1) is 18.0. The molecule has 3 rings (SSSR count). The zero-order chi connectivity index (χ0) is 18.5. The fourth-order valence-electron chi connectivity index (χ4n) is 3.23. The van der Waals surface area contributed by atoms with E-state index in [0.29, 0.717) is 18.0 Å². The van der Waals surface area contributed by atoms with E-state index < -0.39 is 6.10 Å². The lowest BCUT2D eigenvalue weighted by Crippen LogP contribution is -2.50. The van der Waals surface area contributed by atoms with Crippen LogP contribution in [0.4, 0.5) is 5.69 Å². The van der Waals surface area contributed by atoms with Gasteiger partial charge in [-0.15, -0.1) is 0 Å². The number of nitrogens with one attached hydrogen (secondary N) is 1. The van der Waals surface area contributed by atoms with E-state index in [1.165, 1.54) is 12.5 Å². The van der Waals surface area contributed by atoms with Crippen LogP contribution in [0.1, 0.15) is 31.7 Å². The Morgan fingerprint density at radius 3 is 2.54 bits per heavy atom. The second-order valence-corrected chi connectivity index (χ2v) is 6.46. The third-order valence-corrected chi connectivity index (χ3v) is 4.73. The van der Waals surface area contributed by atoms with Gasteiger partial charge >= 0.3 is 0 Å². The minimum atomic E-state index is -0.706. The van der Waals surface area contributed by atoms with Crippen LogP contribution in [0.25, 0.3) is 0 Å². The van der Waals surface area contributed by atoms with E-state index in [2.05, 4.69) is 24.4 Å². The molecule has 1 N–H and O–H groups in total. The number of anilines is 1. The van der Waals surface area contributed by atoms with Gasteiger partial charge < -0.3 is 15.0 Å². The molecule has 26 heavy (non-hydrogen) atoms. The molecule has 0 saturated carbocycles. The van der Waals surface area contributed by atoms with Crippen molar-refractivity contribution in [1.82, 2.24) is 5.32 Å². The van der Waals surface area contributed by atoms with Gasteiger partial charge in [-0.3, -0.25) is 9.59 Å². The molecule has 1 aliphatic rings. The van der Waals surface area contributed by atoms with Crippen LogP contribution >= 0.6 is 0 Å². The number of fused-ring (bicyclic) bond motifs is 1. The van der Waals surface area contributed by atoms with Crippen LogP contribution in [-0.2, 0) is 9.59 Å². The minimum absolute atomic E-state index is 0.103. The van der Waals surface area contributed by atoms with Crippen LogP contribution in [-0.4, -0.2) is 31.0 Å². The highest BCUT2D eigenvalue weighted by atomic mass is 16.5. The molecular weight excluding hydrogens is 328 g/mol. The van der Waals surface area contributed by atoms with Gasteiger partial charge in [-0.2, -0.15) is 0 Å². The van der Waals surface area contributed by atoms with Crippen molar-refractivity contribution in [3.05, 3.63) is 60.2 Å². The summed E-state index contributed by atoms with van der Waals surface area (Å²) in [5.74, 6) is 0.513. The lowest BCUT2D eigenvalue weighted by atomic mass is 9.96. The Hall–Kier alpha value is -2.82. The lowest BCUT2D eigenvalue weighted by molar-refractivity contribution is -0.128. The summed E-state index contributed by atoms with van der Waals surface area (Å²) < 4.78 is 5.84. The van der Waals surface area contributed by atoms with E-state index in [-0.39, 0.29) is 24.3 Å². The Labute approximate surface area is 154 Å². The summed E-state index contributed by atoms with van der Waals surface area (Å²) >= 11 is 0. The van der Waals surface area contributed by atoms with Gasteiger partial charge in [-0.25, -0.2) is 0 Å². The Morgan fingerprint density at radius 2 is 1.85 bits per heavy atom. The van der Waals surface area contributed by atoms with Crippen LogP contribution < -0.4 is 15.0 Å². The van der Waals surface area contributed by atoms with Gasteiger partial charge in [0.2, 0.25) is 5.91 Å². The molecule has 0 fully saturated rings. The Balaban J connectivity index is 1.68. The van der Waals surface area contributed by atoms with Gasteiger partial charge in [-0.1, -0.05) is 49.4 Å². The third kappa shape index (κ3) is 3.87. The predicted octanol–water partition coefficient (Wildman–Crippen LogP) is 3.11. The van der Waals surface area contributed by atoms with Gasteiger partial charge in [0, 0.05) is 19.4 Å². The number of hydrogen-bond donors (Lipinski definition) is 1. The van der Waals surface area contributed by atoms with Crippen molar-refractivity contribution in [2.75, 3.05) is 18.0 Å². The van der Waals surface area contributed by atoms with E-state index in [1.54, 1.807) is 11.0 Å². The fraction of sp³-hybridized carbons (Fsp3) is 0.333. The third-order valence-electron chi connectivity index (χ3n) is 4.73. The lowest BCUT2D eigenvalue weighted by Gasteiger charge is -2.33. The van der Waals surface area contributed by atoms with Crippen molar-refractivity contribution in [3.8, 4) is 5.75 Å². The Morgan fingerprint density at radius 1 is 1.15 bits per heavy atom. The van der Waals surface area contributed by atoms with Crippen LogP contribution in [0.2, 0.25) is 0 Å². The van der Waals surface area contributed by atoms with Crippen LogP contribution in [0.5, 0.6) is 5.75 Å². The maximum absolute atomic E-state index is 12.7. The molecule has 2 amide bonds. The highest BCUT2D eigenvalue weighted by molar-refractivity contribution is 5.95. The molecule has 0 bridgehead atoms. The topological polar surface area (TPSA) is 58.6 Å². The average molecular weight is 352 g/mol. The minimum Gasteiger partial charge on any atom is -0.477 e. The van der Waals surface area contributed by atoms with Crippen molar-refractivity contribution in [1.29, 1.82) is 0 Å². The molecule has 0 radical (unpaired) electrons. The average Bonchev–Trinajstić information content (AvgIpc) is 2.68. The molecule has 0 saturated heterocycles. The molecular formula is C21H24N2O3. The first-order chi connectivity index (χ1) is 12.6. The zero-order valence-corrected chi connectivity index (χ0v) is 15.1. The van der Waals surface area contributed by atoms with E-state index in [1.807, 2.05) is 36.4 Å². The van der Waals surface area contributed by atoms with Crippen LogP contribution in [0.3, 0.4) is 0 Å². The SMILES string of the molecule is CC[C@@H](CNC(=O)[C@H]1CN(C(C)=O)c2ccccc2O1)c1ccccc1. The van der Waals surface area contributed by atoms with Gasteiger partial charge in [0.15, 0.2) is 6.10 Å². The summed E-state index contributed by atoms with van der Waals surface area (Å²) in [5.41, 5.74) is 1.91. The van der Waals surface area contributed by atoms with Gasteiger partial charge in [0.25, 0.3) is 5.91 Å². The molecule has 1 heterocycles. The summed E-state index contributed by atoms with van der Waals surface area (Å²) in [5, 5.41) is 2.99. The van der Waals surface area contributed by atoms with Gasteiger partial charge in [0.1, 0.15) is 5.75 Å². The summed E-state index contributed by atoms with van der Waals surface area (Å²) in [6.07, 6.45) is 0.222. The number of ether oxygens (including phenoxy) is 1. The predicted molar refractivity (Wildman–Crippen MR) is 101 cm³/mol. The number of carbonyl (C=O) groups excluding carboxylic acids is 2. The Kier molecular flexibility index (Phi) is 5.56. The number of carbonyl (C=O) groups is 2. The summed E-state index contributed by atoms with van der Waals surface area (Å²) in [6.45, 7) is 4.37. The largest absolute Gasteiger partial charge is 0.477 e. The number of benzene rings is 2. The van der Waals surface area contributed by atoms with Crippen molar-refractivity contribution < 1.29 is 14.3 Å². The molecule has 5 nitrogen and oxygen atoms in total. The van der Waals surface area contributed by atoms with Gasteiger partial charge in [-0.05, 0) is 24.1 Å². The Bertz CT molecular complexity index is 776. The first-order valence-corrected chi connectivity index (χ1v) is 8.96. The number of nitrogens with zero attached hydrogens (tertiary/aromatic N) is 1. The second kappa shape index (κ2) is 8.04. The van der Waals surface area contributed by atoms with Crippen molar-refractivity contribution in [2.45, 2.75) is 32.3 Å².